The molecule has 7 heteroatoms. The van der Waals surface area contributed by atoms with E-state index in [1.807, 2.05) is 30.3 Å². The highest BCUT2D eigenvalue weighted by Gasteiger charge is 2.31. The summed E-state index contributed by atoms with van der Waals surface area (Å²) in [6.45, 7) is 0. The maximum atomic E-state index is 13.2. The van der Waals surface area contributed by atoms with Crippen LogP contribution in [0.5, 0.6) is 0 Å². The molecule has 0 aliphatic rings. The molecular weight excluding hydrogens is 393 g/mol. The fourth-order valence-corrected chi connectivity index (χ4v) is 3.15. The van der Waals surface area contributed by atoms with Crippen LogP contribution >= 0.6 is 0 Å². The van der Waals surface area contributed by atoms with Crippen LogP contribution in [0, 0.1) is 0 Å². The largest absolute Gasteiger partial charge is 0.478 e. The smallest absolute Gasteiger partial charge is 0.416 e. The van der Waals surface area contributed by atoms with E-state index in [9.17, 15) is 18.0 Å². The number of nitrogens with zero attached hydrogens (tertiary/aromatic N) is 1. The Labute approximate surface area is 169 Å². The van der Waals surface area contributed by atoms with Crippen LogP contribution in [0.25, 0.3) is 33.9 Å². The summed E-state index contributed by atoms with van der Waals surface area (Å²) in [7, 11) is 0. The third-order valence-corrected chi connectivity index (χ3v) is 4.63. The van der Waals surface area contributed by atoms with Crippen molar-refractivity contribution >= 4 is 5.97 Å². The van der Waals surface area contributed by atoms with Crippen LogP contribution in [0.3, 0.4) is 0 Å². The number of H-pyrrole nitrogens is 1. The van der Waals surface area contributed by atoms with E-state index in [0.717, 1.165) is 17.7 Å². The Morgan fingerprint density at radius 2 is 1.50 bits per heavy atom. The Morgan fingerprint density at radius 1 is 0.833 bits per heavy atom. The molecule has 0 amide bonds. The molecule has 0 saturated heterocycles. The van der Waals surface area contributed by atoms with E-state index in [2.05, 4.69) is 9.97 Å². The van der Waals surface area contributed by atoms with Crippen LogP contribution in [-0.2, 0) is 6.18 Å². The quantitative estimate of drug-likeness (QED) is 0.427. The summed E-state index contributed by atoms with van der Waals surface area (Å²) >= 11 is 0. The molecule has 0 aliphatic heterocycles. The summed E-state index contributed by atoms with van der Waals surface area (Å²) in [5.41, 5.74) is 2.05. The van der Waals surface area contributed by atoms with Gasteiger partial charge in [-0.05, 0) is 24.3 Å². The number of nitrogens with one attached hydrogen (secondary N) is 1. The van der Waals surface area contributed by atoms with Crippen molar-refractivity contribution in [2.45, 2.75) is 6.18 Å². The second-order valence-corrected chi connectivity index (χ2v) is 6.64. The topological polar surface area (TPSA) is 66.0 Å². The number of hydrogen-bond donors (Lipinski definition) is 2. The van der Waals surface area contributed by atoms with E-state index in [0.29, 0.717) is 28.3 Å². The van der Waals surface area contributed by atoms with Crippen molar-refractivity contribution in [2.24, 2.45) is 0 Å². The minimum absolute atomic E-state index is 0.131. The van der Waals surface area contributed by atoms with Gasteiger partial charge in [-0.2, -0.15) is 13.2 Å². The third-order valence-electron chi connectivity index (χ3n) is 4.63. The number of carboxylic acids is 1. The fraction of sp³-hybridized carbons (Fsp3) is 0.0435. The zero-order chi connectivity index (χ0) is 21.3. The number of carboxylic acid groups (broad SMARTS) is 1. The van der Waals surface area contributed by atoms with Crippen LogP contribution in [-0.4, -0.2) is 21.0 Å². The van der Waals surface area contributed by atoms with E-state index in [4.69, 9.17) is 5.11 Å². The minimum Gasteiger partial charge on any atom is -0.478 e. The molecular formula is C23H15F3N2O2. The molecule has 4 nitrogen and oxygen atoms in total. The van der Waals surface area contributed by atoms with Crippen LogP contribution < -0.4 is 0 Å². The highest BCUT2D eigenvalue weighted by atomic mass is 19.4. The maximum Gasteiger partial charge on any atom is 0.416 e. The fourth-order valence-electron chi connectivity index (χ4n) is 3.15. The Balaban J connectivity index is 1.86. The number of hydrogen-bond acceptors (Lipinski definition) is 2. The molecule has 150 valence electrons. The Morgan fingerprint density at radius 3 is 2.13 bits per heavy atom. The molecule has 0 unspecified atom stereocenters. The number of aromatic amines is 1. The lowest BCUT2D eigenvalue weighted by Gasteiger charge is -2.08. The monoisotopic (exact) mass is 408 g/mol. The molecule has 0 radical (unpaired) electrons. The van der Waals surface area contributed by atoms with Crippen molar-refractivity contribution in [3.63, 3.8) is 0 Å². The number of imidazole rings is 1. The standard InChI is InChI=1S/C23H15F3N2O2/c24-23(25,26)18-8-4-7-17(13-18)20-19(14-5-2-1-3-6-14)27-21(28-20)15-9-11-16(12-10-15)22(29)30/h1-13H,(H,27,28)(H,29,30). The normalized spacial score (nSPS) is 11.4. The predicted molar refractivity (Wildman–Crippen MR) is 107 cm³/mol. The van der Waals surface area contributed by atoms with Gasteiger partial charge in [0, 0.05) is 16.7 Å². The van der Waals surface area contributed by atoms with Gasteiger partial charge in [-0.1, -0.05) is 54.6 Å². The molecule has 4 aromatic rings. The van der Waals surface area contributed by atoms with Gasteiger partial charge in [0.1, 0.15) is 5.82 Å². The predicted octanol–water partition coefficient (Wildman–Crippen LogP) is 6.13. The molecule has 0 spiro atoms. The first-order chi connectivity index (χ1) is 14.3. The zero-order valence-corrected chi connectivity index (χ0v) is 15.4. The second-order valence-electron chi connectivity index (χ2n) is 6.64. The SMILES string of the molecule is O=C(O)c1ccc(-c2nc(-c3cccc(C(F)(F)F)c3)c(-c3ccccc3)[nH]2)cc1. The summed E-state index contributed by atoms with van der Waals surface area (Å²) in [4.78, 5) is 18.8. The van der Waals surface area contributed by atoms with E-state index < -0.39 is 17.7 Å². The number of aromatic nitrogens is 2. The third kappa shape index (κ3) is 3.82. The summed E-state index contributed by atoms with van der Waals surface area (Å²) in [5, 5.41) is 9.07. The van der Waals surface area contributed by atoms with Gasteiger partial charge in [0.25, 0.3) is 0 Å². The summed E-state index contributed by atoms with van der Waals surface area (Å²) in [5.74, 6) is -0.617. The number of halogens is 3. The Hall–Kier alpha value is -3.87. The zero-order valence-electron chi connectivity index (χ0n) is 15.4. The molecule has 0 saturated carbocycles. The summed E-state index contributed by atoms with van der Waals surface area (Å²) in [6, 6.07) is 20.3. The van der Waals surface area contributed by atoms with Crippen molar-refractivity contribution < 1.29 is 23.1 Å². The first-order valence-corrected chi connectivity index (χ1v) is 9.00. The van der Waals surface area contributed by atoms with Crippen LogP contribution in [0.1, 0.15) is 15.9 Å². The number of carbonyl (C=O) groups is 1. The van der Waals surface area contributed by atoms with Crippen LogP contribution in [0.15, 0.2) is 78.9 Å². The molecule has 3 aromatic carbocycles. The van der Waals surface area contributed by atoms with Crippen molar-refractivity contribution in [1.29, 1.82) is 0 Å². The lowest BCUT2D eigenvalue weighted by molar-refractivity contribution is -0.137. The van der Waals surface area contributed by atoms with Gasteiger partial charge >= 0.3 is 12.1 Å². The van der Waals surface area contributed by atoms with Gasteiger partial charge in [0.2, 0.25) is 0 Å². The van der Waals surface area contributed by atoms with Gasteiger partial charge in [0.15, 0.2) is 0 Å². The van der Waals surface area contributed by atoms with Gasteiger partial charge in [0.05, 0.1) is 22.5 Å². The lowest BCUT2D eigenvalue weighted by Crippen LogP contribution is -2.04. The van der Waals surface area contributed by atoms with E-state index >= 15 is 0 Å². The molecule has 1 heterocycles. The lowest BCUT2D eigenvalue weighted by atomic mass is 10.0. The van der Waals surface area contributed by atoms with Gasteiger partial charge in [-0.3, -0.25) is 0 Å². The van der Waals surface area contributed by atoms with Crippen molar-refractivity contribution in [2.75, 3.05) is 0 Å². The Bertz CT molecular complexity index is 1200. The summed E-state index contributed by atoms with van der Waals surface area (Å²) < 4.78 is 39.6. The van der Waals surface area contributed by atoms with E-state index in [1.165, 1.54) is 18.2 Å². The van der Waals surface area contributed by atoms with Gasteiger partial charge in [-0.15, -0.1) is 0 Å². The van der Waals surface area contributed by atoms with Gasteiger partial charge < -0.3 is 10.1 Å². The van der Waals surface area contributed by atoms with E-state index in [-0.39, 0.29) is 5.56 Å². The molecule has 1 aromatic heterocycles. The van der Waals surface area contributed by atoms with Crippen molar-refractivity contribution in [3.05, 3.63) is 90.0 Å². The molecule has 0 bridgehead atoms. The minimum atomic E-state index is -4.46. The van der Waals surface area contributed by atoms with Crippen molar-refractivity contribution in [1.82, 2.24) is 9.97 Å². The molecule has 0 fully saturated rings. The van der Waals surface area contributed by atoms with E-state index in [1.54, 1.807) is 18.2 Å². The number of benzene rings is 3. The first-order valence-electron chi connectivity index (χ1n) is 9.00. The number of rotatable bonds is 4. The number of alkyl halides is 3. The van der Waals surface area contributed by atoms with Crippen LogP contribution in [0.4, 0.5) is 13.2 Å². The molecule has 0 aliphatic carbocycles. The maximum absolute atomic E-state index is 13.2. The molecule has 0 atom stereocenters. The highest BCUT2D eigenvalue weighted by molar-refractivity contribution is 5.88. The Kier molecular flexibility index (Phi) is 4.87. The molecule has 2 N–H and O–H groups in total. The molecule has 4 rings (SSSR count). The first kappa shape index (κ1) is 19.4. The highest BCUT2D eigenvalue weighted by Crippen LogP contribution is 2.36. The van der Waals surface area contributed by atoms with Gasteiger partial charge in [-0.25, -0.2) is 9.78 Å². The van der Waals surface area contributed by atoms with Crippen LogP contribution in [0.2, 0.25) is 0 Å². The average molecular weight is 408 g/mol. The average Bonchev–Trinajstić information content (AvgIpc) is 3.19. The number of aromatic carboxylic acids is 1. The second kappa shape index (κ2) is 7.51. The molecule has 30 heavy (non-hydrogen) atoms. The van der Waals surface area contributed by atoms with Crippen molar-refractivity contribution in [3.8, 4) is 33.9 Å². The summed E-state index contributed by atoms with van der Waals surface area (Å²) in [6.07, 6.45) is -4.46.